The number of piperidine rings is 1. The Kier molecular flexibility index (Phi) is 4.90. The topological polar surface area (TPSA) is 55.6 Å². The predicted molar refractivity (Wildman–Crippen MR) is 91.5 cm³/mol. The molecule has 0 radical (unpaired) electrons. The molecule has 126 valence electrons. The van der Waals surface area contributed by atoms with Crippen LogP contribution in [0.2, 0.25) is 0 Å². The maximum atomic E-state index is 12.6. The van der Waals surface area contributed by atoms with Gasteiger partial charge in [0.2, 0.25) is 5.91 Å². The number of benzene rings is 1. The van der Waals surface area contributed by atoms with E-state index in [1.807, 2.05) is 4.90 Å². The fourth-order valence-electron chi connectivity index (χ4n) is 3.74. The summed E-state index contributed by atoms with van der Waals surface area (Å²) in [5.74, 6) is 1.29. The normalized spacial score (nSPS) is 25.6. The molecule has 0 aromatic heterocycles. The maximum absolute atomic E-state index is 12.6. The van der Waals surface area contributed by atoms with Crippen LogP contribution in [0.1, 0.15) is 43.2 Å². The van der Waals surface area contributed by atoms with Crippen molar-refractivity contribution in [2.45, 2.75) is 58.1 Å². The van der Waals surface area contributed by atoms with Crippen LogP contribution in [0, 0.1) is 19.8 Å². The number of aryl methyl sites for hydroxylation is 2. The average molecular weight is 316 g/mol. The number of carbonyl (C=O) groups is 1. The zero-order valence-electron chi connectivity index (χ0n) is 14.3. The van der Waals surface area contributed by atoms with Gasteiger partial charge in [-0.1, -0.05) is 18.6 Å². The molecule has 4 nitrogen and oxygen atoms in total. The number of nitrogens with zero attached hydrogens (tertiary/aromatic N) is 1. The first-order valence-electron chi connectivity index (χ1n) is 8.83. The molecule has 1 aromatic rings. The first-order valence-corrected chi connectivity index (χ1v) is 8.83. The first-order chi connectivity index (χ1) is 11.0. The number of hydrogen-bond acceptors (Lipinski definition) is 3. The smallest absolute Gasteiger partial charge is 0.227 e. The number of hydrogen-bond donors (Lipinski definition) is 1. The van der Waals surface area contributed by atoms with Gasteiger partial charge >= 0.3 is 0 Å². The van der Waals surface area contributed by atoms with Crippen molar-refractivity contribution in [3.05, 3.63) is 29.3 Å². The van der Waals surface area contributed by atoms with Crippen molar-refractivity contribution < 1.29 is 9.53 Å². The maximum Gasteiger partial charge on any atom is 0.227 e. The van der Waals surface area contributed by atoms with Crippen LogP contribution in [0.15, 0.2) is 18.2 Å². The van der Waals surface area contributed by atoms with E-state index in [1.54, 1.807) is 0 Å². The Morgan fingerprint density at radius 1 is 1.17 bits per heavy atom. The predicted octanol–water partition coefficient (Wildman–Crippen LogP) is 2.80. The van der Waals surface area contributed by atoms with Gasteiger partial charge in [0.05, 0.1) is 5.92 Å². The zero-order valence-corrected chi connectivity index (χ0v) is 14.3. The highest BCUT2D eigenvalue weighted by Gasteiger charge is 2.35. The summed E-state index contributed by atoms with van der Waals surface area (Å²) in [5.41, 5.74) is 8.46. The highest BCUT2D eigenvalue weighted by atomic mass is 16.5. The van der Waals surface area contributed by atoms with Gasteiger partial charge in [0.25, 0.3) is 0 Å². The second-order valence-corrected chi connectivity index (χ2v) is 7.11. The molecule has 3 rings (SSSR count). The summed E-state index contributed by atoms with van der Waals surface area (Å²) in [4.78, 5) is 14.6. The molecule has 2 fully saturated rings. The highest BCUT2D eigenvalue weighted by molar-refractivity contribution is 5.80. The molecule has 0 bridgehead atoms. The van der Waals surface area contributed by atoms with Crippen LogP contribution in [0.25, 0.3) is 0 Å². The summed E-state index contributed by atoms with van der Waals surface area (Å²) < 4.78 is 6.18. The summed E-state index contributed by atoms with van der Waals surface area (Å²) in [6.07, 6.45) is 5.05. The Hall–Kier alpha value is -1.55. The third kappa shape index (κ3) is 3.69. The summed E-state index contributed by atoms with van der Waals surface area (Å²) in [5, 5.41) is 0. The Bertz CT molecular complexity index is 564. The van der Waals surface area contributed by atoms with E-state index in [4.69, 9.17) is 10.5 Å². The standard InChI is InChI=1S/C19H28N2O2/c1-13-6-7-14(2)18(12-13)23-15-8-10-21(11-9-15)19(22)16-4-3-5-17(16)20/h6-7,12,15-17H,3-5,8-11,20H2,1-2H3/t16-,17-/m1/s1. The van der Waals surface area contributed by atoms with Crippen molar-refractivity contribution >= 4 is 5.91 Å². The second-order valence-electron chi connectivity index (χ2n) is 7.11. The molecule has 1 heterocycles. The number of ether oxygens (including phenoxy) is 1. The average Bonchev–Trinajstić information content (AvgIpc) is 2.97. The van der Waals surface area contributed by atoms with E-state index in [0.29, 0.717) is 0 Å². The molecule has 1 saturated carbocycles. The molecular formula is C19H28N2O2. The fourth-order valence-corrected chi connectivity index (χ4v) is 3.74. The van der Waals surface area contributed by atoms with Gasteiger partial charge in [0.15, 0.2) is 0 Å². The lowest BCUT2D eigenvalue weighted by molar-refractivity contribution is -0.137. The Balaban J connectivity index is 1.54. The van der Waals surface area contributed by atoms with Crippen molar-refractivity contribution in [2.75, 3.05) is 13.1 Å². The molecule has 2 N–H and O–H groups in total. The van der Waals surface area contributed by atoms with Gasteiger partial charge in [-0.3, -0.25) is 4.79 Å². The monoisotopic (exact) mass is 316 g/mol. The van der Waals surface area contributed by atoms with E-state index in [9.17, 15) is 4.79 Å². The molecule has 1 aliphatic heterocycles. The highest BCUT2D eigenvalue weighted by Crippen LogP contribution is 2.28. The third-order valence-corrected chi connectivity index (χ3v) is 5.28. The van der Waals surface area contributed by atoms with Crippen LogP contribution in [-0.4, -0.2) is 36.0 Å². The van der Waals surface area contributed by atoms with Gasteiger partial charge in [-0.05, 0) is 43.9 Å². The Morgan fingerprint density at radius 3 is 2.57 bits per heavy atom. The molecule has 1 saturated heterocycles. The van der Waals surface area contributed by atoms with E-state index >= 15 is 0 Å². The van der Waals surface area contributed by atoms with Crippen LogP contribution in [-0.2, 0) is 4.79 Å². The van der Waals surface area contributed by atoms with E-state index < -0.39 is 0 Å². The summed E-state index contributed by atoms with van der Waals surface area (Å²) in [7, 11) is 0. The molecule has 0 unspecified atom stereocenters. The minimum Gasteiger partial charge on any atom is -0.490 e. The van der Waals surface area contributed by atoms with Gasteiger partial charge in [0, 0.05) is 32.0 Å². The van der Waals surface area contributed by atoms with Crippen LogP contribution in [0.5, 0.6) is 5.75 Å². The number of likely N-dealkylation sites (tertiary alicyclic amines) is 1. The summed E-state index contributed by atoms with van der Waals surface area (Å²) in [6, 6.07) is 6.37. The van der Waals surface area contributed by atoms with E-state index in [1.165, 1.54) is 11.1 Å². The van der Waals surface area contributed by atoms with Crippen molar-refractivity contribution in [2.24, 2.45) is 11.7 Å². The minimum atomic E-state index is 0.0477. The SMILES string of the molecule is Cc1ccc(C)c(OC2CCN(C(=O)[C@@H]3CCC[C@H]3N)CC2)c1. The van der Waals surface area contributed by atoms with Crippen molar-refractivity contribution in [3.8, 4) is 5.75 Å². The summed E-state index contributed by atoms with van der Waals surface area (Å²) in [6.45, 7) is 5.74. The Morgan fingerprint density at radius 2 is 1.91 bits per heavy atom. The fraction of sp³-hybridized carbons (Fsp3) is 0.632. The largest absolute Gasteiger partial charge is 0.490 e. The minimum absolute atomic E-state index is 0.0477. The molecule has 0 spiro atoms. The van der Waals surface area contributed by atoms with E-state index in [-0.39, 0.29) is 24.0 Å². The Labute approximate surface area is 139 Å². The van der Waals surface area contributed by atoms with Gasteiger partial charge < -0.3 is 15.4 Å². The van der Waals surface area contributed by atoms with Crippen LogP contribution in [0.3, 0.4) is 0 Å². The van der Waals surface area contributed by atoms with Crippen LogP contribution in [0.4, 0.5) is 0 Å². The lowest BCUT2D eigenvalue weighted by Gasteiger charge is -2.34. The molecule has 1 aliphatic carbocycles. The zero-order chi connectivity index (χ0) is 16.4. The number of rotatable bonds is 3. The lowest BCUT2D eigenvalue weighted by Crippen LogP contribution is -2.47. The van der Waals surface area contributed by atoms with Crippen molar-refractivity contribution in [1.82, 2.24) is 4.90 Å². The second kappa shape index (κ2) is 6.91. The molecule has 1 aromatic carbocycles. The lowest BCUT2D eigenvalue weighted by atomic mass is 10.00. The quantitative estimate of drug-likeness (QED) is 0.933. The third-order valence-electron chi connectivity index (χ3n) is 5.28. The van der Waals surface area contributed by atoms with Gasteiger partial charge in [-0.25, -0.2) is 0 Å². The molecule has 2 aliphatic rings. The first kappa shape index (κ1) is 16.3. The number of amides is 1. The number of nitrogens with two attached hydrogens (primary N) is 1. The molecular weight excluding hydrogens is 288 g/mol. The van der Waals surface area contributed by atoms with Gasteiger partial charge in [-0.2, -0.15) is 0 Å². The van der Waals surface area contributed by atoms with Crippen LogP contribution < -0.4 is 10.5 Å². The van der Waals surface area contributed by atoms with Crippen LogP contribution >= 0.6 is 0 Å². The van der Waals surface area contributed by atoms with Crippen molar-refractivity contribution in [3.63, 3.8) is 0 Å². The van der Waals surface area contributed by atoms with Crippen molar-refractivity contribution in [1.29, 1.82) is 0 Å². The summed E-state index contributed by atoms with van der Waals surface area (Å²) >= 11 is 0. The van der Waals surface area contributed by atoms with E-state index in [2.05, 4.69) is 32.0 Å². The van der Waals surface area contributed by atoms with E-state index in [0.717, 1.165) is 50.9 Å². The van der Waals surface area contributed by atoms with Gasteiger partial charge in [0.1, 0.15) is 11.9 Å². The molecule has 4 heteroatoms. The molecule has 23 heavy (non-hydrogen) atoms. The molecule has 1 amide bonds. The number of carbonyl (C=O) groups excluding carboxylic acids is 1. The van der Waals surface area contributed by atoms with Gasteiger partial charge in [-0.15, -0.1) is 0 Å². The molecule has 2 atom stereocenters.